The molecule has 4 nitrogen and oxygen atoms in total. The lowest BCUT2D eigenvalue weighted by Gasteiger charge is -2.21. The first kappa shape index (κ1) is 17.3. The Labute approximate surface area is 162 Å². The molecular formula is C22H18ClN3O. The number of fused-ring (bicyclic) bond motifs is 1. The van der Waals surface area contributed by atoms with Gasteiger partial charge >= 0.3 is 0 Å². The molecule has 4 rings (SSSR count). The van der Waals surface area contributed by atoms with Crippen molar-refractivity contribution in [3.63, 3.8) is 0 Å². The van der Waals surface area contributed by atoms with Gasteiger partial charge in [-0.15, -0.1) is 0 Å². The number of aromatic nitrogens is 2. The molecule has 0 spiro atoms. The minimum Gasteiger partial charge on any atom is -0.497 e. The van der Waals surface area contributed by atoms with E-state index >= 15 is 0 Å². The fourth-order valence-corrected chi connectivity index (χ4v) is 3.53. The van der Waals surface area contributed by atoms with E-state index in [9.17, 15) is 0 Å². The predicted molar refractivity (Wildman–Crippen MR) is 109 cm³/mol. The van der Waals surface area contributed by atoms with E-state index in [1.165, 1.54) is 0 Å². The first-order valence-electron chi connectivity index (χ1n) is 8.58. The van der Waals surface area contributed by atoms with Crippen LogP contribution in [-0.4, -0.2) is 17.1 Å². The maximum atomic E-state index is 6.33. The average molecular weight is 376 g/mol. The number of ether oxygens (including phenoxy) is 1. The van der Waals surface area contributed by atoms with Gasteiger partial charge in [0, 0.05) is 11.1 Å². The van der Waals surface area contributed by atoms with E-state index < -0.39 is 0 Å². The maximum absolute atomic E-state index is 6.33. The van der Waals surface area contributed by atoms with Gasteiger partial charge in [-0.1, -0.05) is 48.5 Å². The molecule has 1 aromatic heterocycles. The molecule has 1 unspecified atom stereocenters. The molecule has 0 aliphatic heterocycles. The Morgan fingerprint density at radius 3 is 2.33 bits per heavy atom. The van der Waals surface area contributed by atoms with Crippen molar-refractivity contribution in [2.24, 2.45) is 0 Å². The van der Waals surface area contributed by atoms with Crippen LogP contribution in [-0.2, 0) is 0 Å². The largest absolute Gasteiger partial charge is 0.497 e. The molecule has 1 atom stereocenters. The minimum atomic E-state index is -0.178. The molecule has 5 heteroatoms. The summed E-state index contributed by atoms with van der Waals surface area (Å²) in [6, 6.07) is 23.6. The molecule has 0 aliphatic rings. The Hall–Kier alpha value is -3.11. The summed E-state index contributed by atoms with van der Waals surface area (Å²) < 4.78 is 5.30. The first-order valence-corrected chi connectivity index (χ1v) is 8.95. The van der Waals surface area contributed by atoms with Gasteiger partial charge in [0.1, 0.15) is 5.75 Å². The molecule has 0 aliphatic carbocycles. The number of benzene rings is 3. The van der Waals surface area contributed by atoms with Gasteiger partial charge in [0.05, 0.1) is 24.2 Å². The number of nitrogen functional groups attached to an aromatic ring is 1. The Bertz CT molecular complexity index is 1100. The molecule has 0 fully saturated rings. The highest BCUT2D eigenvalue weighted by atomic mass is 35.5. The number of para-hydroxylation sites is 2. The lowest BCUT2D eigenvalue weighted by Crippen LogP contribution is -2.10. The van der Waals surface area contributed by atoms with E-state index in [0.29, 0.717) is 5.69 Å². The van der Waals surface area contributed by atoms with Crippen molar-refractivity contribution in [1.29, 1.82) is 0 Å². The van der Waals surface area contributed by atoms with Crippen LogP contribution in [0, 0.1) is 0 Å². The summed E-state index contributed by atoms with van der Waals surface area (Å²) >= 11 is 6.26. The summed E-state index contributed by atoms with van der Waals surface area (Å²) in [6.45, 7) is 0. The van der Waals surface area contributed by atoms with E-state index in [0.717, 1.165) is 33.5 Å². The van der Waals surface area contributed by atoms with Gasteiger partial charge in [-0.25, -0.2) is 9.97 Å². The highest BCUT2D eigenvalue weighted by molar-refractivity contribution is 6.28. The molecule has 0 saturated heterocycles. The van der Waals surface area contributed by atoms with E-state index in [-0.39, 0.29) is 11.2 Å². The zero-order valence-corrected chi connectivity index (χ0v) is 15.5. The molecule has 0 amide bonds. The number of rotatable bonds is 4. The third-order valence-corrected chi connectivity index (χ3v) is 4.80. The summed E-state index contributed by atoms with van der Waals surface area (Å²) in [5.41, 5.74) is 10.7. The number of nitrogens with two attached hydrogens (primary N) is 1. The number of anilines is 1. The van der Waals surface area contributed by atoms with Crippen LogP contribution >= 0.6 is 11.6 Å². The van der Waals surface area contributed by atoms with E-state index in [2.05, 4.69) is 9.97 Å². The molecule has 0 radical (unpaired) electrons. The van der Waals surface area contributed by atoms with Crippen molar-refractivity contribution in [3.05, 3.63) is 94.9 Å². The fourth-order valence-electron chi connectivity index (χ4n) is 3.35. The third kappa shape index (κ3) is 3.32. The fraction of sp³-hybridized carbons (Fsp3) is 0.0909. The van der Waals surface area contributed by atoms with Crippen LogP contribution in [0.1, 0.15) is 22.7 Å². The Morgan fingerprint density at radius 2 is 1.59 bits per heavy atom. The van der Waals surface area contributed by atoms with E-state index in [1.54, 1.807) is 7.11 Å². The normalized spacial score (nSPS) is 12.1. The van der Waals surface area contributed by atoms with E-state index in [1.807, 2.05) is 72.8 Å². The van der Waals surface area contributed by atoms with E-state index in [4.69, 9.17) is 22.1 Å². The number of nitrogens with zero attached hydrogens (tertiary/aromatic N) is 2. The molecule has 1 heterocycles. The van der Waals surface area contributed by atoms with Gasteiger partial charge in [-0.3, -0.25) is 0 Å². The topological polar surface area (TPSA) is 61.0 Å². The van der Waals surface area contributed by atoms with Crippen LogP contribution in [0.15, 0.2) is 72.8 Å². The highest BCUT2D eigenvalue weighted by Gasteiger charge is 2.23. The number of hydrogen-bond acceptors (Lipinski definition) is 4. The SMILES string of the molecule is COc1ccc(C(c2ccccc2N)c2nc(Cl)nc3ccccc23)cc1. The number of halogens is 1. The van der Waals surface area contributed by atoms with Crippen LogP contribution in [0.4, 0.5) is 5.69 Å². The molecule has 4 aromatic rings. The van der Waals surface area contributed by atoms with Crippen LogP contribution in [0.5, 0.6) is 5.75 Å². The molecule has 0 bridgehead atoms. The molecule has 134 valence electrons. The van der Waals surface area contributed by atoms with Gasteiger partial charge in [-0.05, 0) is 47.0 Å². The second-order valence-electron chi connectivity index (χ2n) is 6.23. The van der Waals surface area contributed by atoms with Gasteiger partial charge < -0.3 is 10.5 Å². The van der Waals surface area contributed by atoms with Gasteiger partial charge in [-0.2, -0.15) is 0 Å². The minimum absolute atomic E-state index is 0.178. The third-order valence-electron chi connectivity index (χ3n) is 4.64. The molecule has 2 N–H and O–H groups in total. The number of hydrogen-bond donors (Lipinski definition) is 1. The summed E-state index contributed by atoms with van der Waals surface area (Å²) in [4.78, 5) is 8.96. The van der Waals surface area contributed by atoms with Crippen molar-refractivity contribution in [1.82, 2.24) is 9.97 Å². The monoisotopic (exact) mass is 375 g/mol. The second kappa shape index (κ2) is 7.25. The van der Waals surface area contributed by atoms with Crippen LogP contribution in [0.2, 0.25) is 5.28 Å². The van der Waals surface area contributed by atoms with Gasteiger partial charge in [0.15, 0.2) is 0 Å². The summed E-state index contributed by atoms with van der Waals surface area (Å²) in [5, 5.41) is 1.17. The summed E-state index contributed by atoms with van der Waals surface area (Å²) in [7, 11) is 1.65. The van der Waals surface area contributed by atoms with Crippen molar-refractivity contribution in [3.8, 4) is 5.75 Å². The zero-order valence-electron chi connectivity index (χ0n) is 14.8. The van der Waals surface area contributed by atoms with Crippen molar-refractivity contribution < 1.29 is 4.74 Å². The summed E-state index contributed by atoms with van der Waals surface area (Å²) in [6.07, 6.45) is 0. The Morgan fingerprint density at radius 1 is 0.889 bits per heavy atom. The van der Waals surface area contributed by atoms with Crippen molar-refractivity contribution in [2.75, 3.05) is 12.8 Å². The average Bonchev–Trinajstić information content (AvgIpc) is 2.70. The lowest BCUT2D eigenvalue weighted by atomic mass is 9.85. The smallest absolute Gasteiger partial charge is 0.223 e. The van der Waals surface area contributed by atoms with Crippen LogP contribution in [0.3, 0.4) is 0 Å². The predicted octanol–water partition coefficient (Wildman–Crippen LogP) is 5.05. The van der Waals surface area contributed by atoms with Crippen molar-refractivity contribution >= 4 is 28.2 Å². The van der Waals surface area contributed by atoms with Crippen molar-refractivity contribution in [2.45, 2.75) is 5.92 Å². The standard InChI is InChI=1S/C22H18ClN3O/c1-27-15-12-10-14(11-13-15)20(16-6-2-4-8-18(16)24)21-17-7-3-5-9-19(17)25-22(23)26-21/h2-13,20H,24H2,1H3. The van der Waals surface area contributed by atoms with Crippen LogP contribution in [0.25, 0.3) is 10.9 Å². The van der Waals surface area contributed by atoms with Gasteiger partial charge in [0.25, 0.3) is 0 Å². The van der Waals surface area contributed by atoms with Crippen LogP contribution < -0.4 is 10.5 Å². The summed E-state index contributed by atoms with van der Waals surface area (Å²) in [5.74, 6) is 0.617. The molecule has 27 heavy (non-hydrogen) atoms. The molecular weight excluding hydrogens is 358 g/mol. The molecule has 0 saturated carbocycles. The Kier molecular flexibility index (Phi) is 4.65. The maximum Gasteiger partial charge on any atom is 0.223 e. The first-order chi connectivity index (χ1) is 13.2. The lowest BCUT2D eigenvalue weighted by molar-refractivity contribution is 0.414. The Balaban J connectivity index is 2.00. The second-order valence-corrected chi connectivity index (χ2v) is 6.57. The molecule has 3 aromatic carbocycles. The zero-order chi connectivity index (χ0) is 18.8. The number of methoxy groups -OCH3 is 1. The van der Waals surface area contributed by atoms with Gasteiger partial charge in [0.2, 0.25) is 5.28 Å². The highest BCUT2D eigenvalue weighted by Crippen LogP contribution is 2.38. The quantitative estimate of drug-likeness (QED) is 0.400.